The van der Waals surface area contributed by atoms with Gasteiger partial charge in [0.1, 0.15) is 6.61 Å². The minimum atomic E-state index is -3.60. The molecule has 10 nitrogen and oxygen atoms in total. The lowest BCUT2D eigenvalue weighted by atomic mass is 9.76. The van der Waals surface area contributed by atoms with Crippen LogP contribution < -0.4 is 10.0 Å². The van der Waals surface area contributed by atoms with Crippen LogP contribution in [0.3, 0.4) is 0 Å². The van der Waals surface area contributed by atoms with Gasteiger partial charge in [-0.2, -0.15) is 0 Å². The number of rotatable bonds is 9. The molecule has 0 bridgehead atoms. The van der Waals surface area contributed by atoms with Gasteiger partial charge in [0, 0.05) is 34.6 Å². The van der Waals surface area contributed by atoms with Crippen molar-refractivity contribution in [3.8, 4) is 0 Å². The average Bonchev–Trinajstić information content (AvgIpc) is 3.00. The molecule has 0 radical (unpaired) electrons. The molecular formula is C33H36Cl2N4O6S. The molecule has 46 heavy (non-hydrogen) atoms. The van der Waals surface area contributed by atoms with E-state index in [-0.39, 0.29) is 23.4 Å². The summed E-state index contributed by atoms with van der Waals surface area (Å²) in [7, 11) is -3.60. The molecule has 2 aromatic carbocycles. The zero-order valence-corrected chi connectivity index (χ0v) is 28.0. The van der Waals surface area contributed by atoms with Crippen LogP contribution in [0.15, 0.2) is 60.7 Å². The van der Waals surface area contributed by atoms with Crippen molar-refractivity contribution in [3.05, 3.63) is 98.8 Å². The first kappa shape index (κ1) is 33.8. The lowest BCUT2D eigenvalue weighted by molar-refractivity contribution is -0.142. The molecule has 3 aromatic rings. The van der Waals surface area contributed by atoms with E-state index in [0.717, 1.165) is 19.1 Å². The normalized spacial score (nSPS) is 22.1. The lowest BCUT2D eigenvalue weighted by Crippen LogP contribution is -2.59. The van der Waals surface area contributed by atoms with E-state index in [9.17, 15) is 22.8 Å². The van der Waals surface area contributed by atoms with Crippen LogP contribution in [-0.2, 0) is 31.0 Å². The third kappa shape index (κ3) is 7.54. The highest BCUT2D eigenvalue weighted by molar-refractivity contribution is 7.88. The predicted octanol–water partition coefficient (Wildman–Crippen LogP) is 5.47. The van der Waals surface area contributed by atoms with Crippen molar-refractivity contribution in [1.82, 2.24) is 19.9 Å². The zero-order chi connectivity index (χ0) is 33.2. The topological polar surface area (TPSA) is 135 Å². The van der Waals surface area contributed by atoms with Crippen LogP contribution in [0.2, 0.25) is 10.0 Å². The Kier molecular flexibility index (Phi) is 10.4. The molecule has 2 unspecified atom stereocenters. The number of amides is 2. The van der Waals surface area contributed by atoms with Gasteiger partial charge in [0.05, 0.1) is 35.6 Å². The molecule has 13 heteroatoms. The fourth-order valence-electron chi connectivity index (χ4n) is 6.50. The highest BCUT2D eigenvalue weighted by Crippen LogP contribution is 2.48. The Morgan fingerprint density at radius 1 is 1.04 bits per heavy atom. The van der Waals surface area contributed by atoms with Gasteiger partial charge in [-0.3, -0.25) is 19.4 Å². The van der Waals surface area contributed by atoms with Crippen LogP contribution in [-0.4, -0.2) is 54.4 Å². The summed E-state index contributed by atoms with van der Waals surface area (Å²) in [5.41, 5.74) is 2.50. The van der Waals surface area contributed by atoms with E-state index in [1.165, 1.54) is 6.92 Å². The Labute approximate surface area is 278 Å². The zero-order valence-electron chi connectivity index (χ0n) is 25.7. The number of sulfonamides is 1. The fourth-order valence-corrected chi connectivity index (χ4v) is 7.85. The second-order valence-corrected chi connectivity index (χ2v) is 14.4. The van der Waals surface area contributed by atoms with Crippen molar-refractivity contribution >= 4 is 51.0 Å². The van der Waals surface area contributed by atoms with Gasteiger partial charge >= 0.3 is 5.97 Å². The maximum atomic E-state index is 14.5. The number of halogens is 2. The highest BCUT2D eigenvalue weighted by Gasteiger charge is 2.49. The van der Waals surface area contributed by atoms with Crippen LogP contribution in [0, 0.1) is 0 Å². The monoisotopic (exact) mass is 686 g/mol. The number of carbonyl (C=O) groups is 3. The molecule has 0 saturated heterocycles. The van der Waals surface area contributed by atoms with E-state index in [0.29, 0.717) is 45.9 Å². The molecule has 1 aliphatic heterocycles. The van der Waals surface area contributed by atoms with E-state index < -0.39 is 46.1 Å². The number of benzene rings is 2. The maximum Gasteiger partial charge on any atom is 0.303 e. The number of fused-ring (bicyclic) bond motifs is 1. The summed E-state index contributed by atoms with van der Waals surface area (Å²) in [6, 6.07) is 14.7. The van der Waals surface area contributed by atoms with Crippen molar-refractivity contribution in [2.75, 3.05) is 6.26 Å². The Balaban J connectivity index is 1.60. The van der Waals surface area contributed by atoms with Gasteiger partial charge in [-0.15, -0.1) is 0 Å². The standard InChI is InChI=1S/C33H36Cl2N4O6S/c1-19(27-13-8-9-22(37-27)18-45-20(2)40)36-32(41)30-23-10-4-5-11-24(23)33(42)39(31(30)25-16-15-21(34)17-26(25)35)29-14-7-6-12-28(29)38-46(3,43)44/h4-5,8-11,13,15-17,19,28-31,38H,6-7,12,14,18H2,1-3H3,(H,36,41)/t19?,28?,29-,30+,31-/m0/s1. The van der Waals surface area contributed by atoms with E-state index in [1.807, 2.05) is 0 Å². The molecule has 2 heterocycles. The van der Waals surface area contributed by atoms with Crippen LogP contribution in [0.1, 0.15) is 90.4 Å². The minimum Gasteiger partial charge on any atom is -0.459 e. The van der Waals surface area contributed by atoms with Crippen molar-refractivity contribution in [1.29, 1.82) is 0 Å². The number of nitrogens with one attached hydrogen (secondary N) is 2. The molecule has 1 aliphatic carbocycles. The summed E-state index contributed by atoms with van der Waals surface area (Å²) in [6.45, 7) is 3.11. The molecular weight excluding hydrogens is 651 g/mol. The van der Waals surface area contributed by atoms with E-state index >= 15 is 0 Å². The SMILES string of the molecule is CC(=O)OCc1cccc(C(C)NC(=O)[C@@H]2c3ccccc3C(=O)N([C@H]3CCCCC3NS(C)(=O)=O)[C@H]2c2ccc(Cl)cc2Cl)n1. The smallest absolute Gasteiger partial charge is 0.303 e. The van der Waals surface area contributed by atoms with E-state index in [1.54, 1.807) is 72.5 Å². The first-order valence-corrected chi connectivity index (χ1v) is 17.7. The van der Waals surface area contributed by atoms with Crippen LogP contribution in [0.25, 0.3) is 0 Å². The summed E-state index contributed by atoms with van der Waals surface area (Å²) >= 11 is 13.1. The van der Waals surface area contributed by atoms with Gasteiger partial charge < -0.3 is 15.0 Å². The average molecular weight is 688 g/mol. The molecule has 5 rings (SSSR count). The number of hydrogen-bond donors (Lipinski definition) is 2. The molecule has 2 N–H and O–H groups in total. The highest BCUT2D eigenvalue weighted by atomic mass is 35.5. The third-order valence-electron chi connectivity index (χ3n) is 8.45. The van der Waals surface area contributed by atoms with Crippen LogP contribution in [0.5, 0.6) is 0 Å². The first-order valence-electron chi connectivity index (χ1n) is 15.1. The lowest BCUT2D eigenvalue weighted by Gasteiger charge is -2.49. The summed E-state index contributed by atoms with van der Waals surface area (Å²) in [4.78, 5) is 46.5. The fraction of sp³-hybridized carbons (Fsp3) is 0.394. The molecule has 1 aromatic heterocycles. The summed E-state index contributed by atoms with van der Waals surface area (Å²) in [6.07, 6.45) is 3.74. The number of nitrogens with zero attached hydrogens (tertiary/aromatic N) is 2. The van der Waals surface area contributed by atoms with Gasteiger partial charge in [0.25, 0.3) is 5.91 Å². The molecule has 0 spiro atoms. The number of hydrogen-bond acceptors (Lipinski definition) is 7. The number of carbonyl (C=O) groups excluding carboxylic acids is 3. The largest absolute Gasteiger partial charge is 0.459 e. The van der Waals surface area contributed by atoms with Gasteiger partial charge in [-0.05, 0) is 61.2 Å². The summed E-state index contributed by atoms with van der Waals surface area (Å²) < 4.78 is 32.7. The van der Waals surface area contributed by atoms with E-state index in [4.69, 9.17) is 27.9 Å². The van der Waals surface area contributed by atoms with Crippen molar-refractivity contribution in [2.24, 2.45) is 0 Å². The number of pyridine rings is 1. The quantitative estimate of drug-likeness (QED) is 0.285. The van der Waals surface area contributed by atoms with Crippen molar-refractivity contribution < 1.29 is 27.5 Å². The number of ether oxygens (including phenoxy) is 1. The van der Waals surface area contributed by atoms with Crippen LogP contribution >= 0.6 is 23.2 Å². The number of aromatic nitrogens is 1. The Hall–Kier alpha value is -3.51. The van der Waals surface area contributed by atoms with Crippen LogP contribution in [0.4, 0.5) is 0 Å². The van der Waals surface area contributed by atoms with Gasteiger partial charge in [0.2, 0.25) is 15.9 Å². The first-order chi connectivity index (χ1) is 21.8. The second-order valence-electron chi connectivity index (χ2n) is 11.8. The molecule has 2 aliphatic rings. The van der Waals surface area contributed by atoms with Gasteiger partial charge in [0.15, 0.2) is 0 Å². The van der Waals surface area contributed by atoms with Crippen molar-refractivity contribution in [2.45, 2.75) is 76.2 Å². The predicted molar refractivity (Wildman–Crippen MR) is 175 cm³/mol. The molecule has 244 valence electrons. The summed E-state index contributed by atoms with van der Waals surface area (Å²) in [5.74, 6) is -2.03. The molecule has 1 fully saturated rings. The number of esters is 1. The maximum absolute atomic E-state index is 14.5. The Morgan fingerprint density at radius 3 is 2.50 bits per heavy atom. The van der Waals surface area contributed by atoms with Gasteiger partial charge in [-0.25, -0.2) is 13.1 Å². The summed E-state index contributed by atoms with van der Waals surface area (Å²) in [5, 5.41) is 3.77. The minimum absolute atomic E-state index is 0.00186. The molecule has 1 saturated carbocycles. The Bertz CT molecular complexity index is 1750. The Morgan fingerprint density at radius 2 is 1.78 bits per heavy atom. The molecule has 5 atom stereocenters. The third-order valence-corrected chi connectivity index (χ3v) is 9.74. The van der Waals surface area contributed by atoms with Gasteiger partial charge in [-0.1, -0.05) is 66.4 Å². The second kappa shape index (κ2) is 14.1. The molecule has 2 amide bonds. The van der Waals surface area contributed by atoms with E-state index in [2.05, 4.69) is 15.0 Å². The van der Waals surface area contributed by atoms with Crippen molar-refractivity contribution in [3.63, 3.8) is 0 Å².